The molecule has 210 valence electrons. The molecule has 0 aliphatic carbocycles. The number of anilines is 1. The highest BCUT2D eigenvalue weighted by molar-refractivity contribution is 8.00. The van der Waals surface area contributed by atoms with Crippen molar-refractivity contribution < 1.29 is 33.7 Å². The van der Waals surface area contributed by atoms with Crippen molar-refractivity contribution in [2.45, 2.75) is 30.9 Å². The van der Waals surface area contributed by atoms with Crippen LogP contribution in [0.4, 0.5) is 9.93 Å². The van der Waals surface area contributed by atoms with E-state index in [-0.39, 0.29) is 34.7 Å². The van der Waals surface area contributed by atoms with E-state index in [1.54, 1.807) is 6.92 Å². The van der Waals surface area contributed by atoms with Crippen LogP contribution in [0.3, 0.4) is 0 Å². The van der Waals surface area contributed by atoms with Crippen LogP contribution >= 0.6 is 34.6 Å². The lowest BCUT2D eigenvalue weighted by molar-refractivity contribution is -0.696. The topological polar surface area (TPSA) is 224 Å². The van der Waals surface area contributed by atoms with Gasteiger partial charge >= 0.3 is 12.0 Å². The van der Waals surface area contributed by atoms with Crippen molar-refractivity contribution in [3.8, 4) is 0 Å². The zero-order chi connectivity index (χ0) is 28.7. The first-order valence-corrected chi connectivity index (χ1v) is 14.3. The number of oxime groups is 1. The van der Waals surface area contributed by atoms with Crippen LogP contribution in [0.2, 0.25) is 0 Å². The van der Waals surface area contributed by atoms with Crippen molar-refractivity contribution in [3.63, 3.8) is 0 Å². The van der Waals surface area contributed by atoms with E-state index in [4.69, 9.17) is 16.3 Å². The van der Waals surface area contributed by atoms with Crippen molar-refractivity contribution in [1.29, 1.82) is 0 Å². The minimum absolute atomic E-state index is 0.0597. The number of amides is 4. The molecule has 0 saturated carbocycles. The number of thiazole rings is 1. The van der Waals surface area contributed by atoms with Crippen LogP contribution in [0.15, 0.2) is 34.2 Å². The third-order valence-corrected chi connectivity index (χ3v) is 8.82. The zero-order valence-electron chi connectivity index (χ0n) is 20.9. The molecule has 3 aromatic rings. The van der Waals surface area contributed by atoms with Gasteiger partial charge in [0.05, 0.1) is 0 Å². The normalized spacial score (nSPS) is 19.7. The molecule has 4 amide bonds. The third-order valence-electron chi connectivity index (χ3n) is 6.14. The van der Waals surface area contributed by atoms with Gasteiger partial charge in [-0.15, -0.1) is 11.8 Å². The van der Waals surface area contributed by atoms with Crippen molar-refractivity contribution in [3.05, 3.63) is 40.7 Å². The van der Waals surface area contributed by atoms with Gasteiger partial charge in [-0.25, -0.2) is 14.2 Å². The number of nitrogen functional groups attached to an aromatic ring is 1. The number of carbonyl (C=O) groups is 4. The van der Waals surface area contributed by atoms with Gasteiger partial charge in [0.1, 0.15) is 49.2 Å². The van der Waals surface area contributed by atoms with Crippen LogP contribution in [0, 0.1) is 0 Å². The summed E-state index contributed by atoms with van der Waals surface area (Å²) in [4.78, 5) is 60.7. The number of urea groups is 1. The molecule has 1 fully saturated rings. The SMILES string of the molecule is CO/N=C(\C(=O)N[C@@H]1C(=O)N2C(C(=O)O)=C(C[n+]3cc4sccn4c3[C@@H](C)NC(N)=O)CS[C@H]12)c1nsc(N)n1. The minimum atomic E-state index is -1.27. The number of nitrogens with two attached hydrogens (primary N) is 2. The molecule has 0 bridgehead atoms. The number of fused-ring (bicyclic) bond motifs is 2. The Labute approximate surface area is 237 Å². The molecule has 3 aromatic heterocycles. The molecule has 40 heavy (non-hydrogen) atoms. The highest BCUT2D eigenvalue weighted by Crippen LogP contribution is 2.40. The standard InChI is InChI=1S/C21H22N10O6S3/c1-8(24-20(22)36)16-29(6-10-30(16)3-4-38-10)5-9-7-39-18-12(17(33)31(18)13(9)19(34)35)25-15(32)11(27-37-2)14-26-21(23)40-28-14/h3-4,6,8,12,18H,5,7H2,1-2H3,(H6-,22,23,24,25,26,28,32,34,35,36)/p+1/b27-11-/t8-,12-,18-/m1/s1. The van der Waals surface area contributed by atoms with E-state index in [9.17, 15) is 24.3 Å². The van der Waals surface area contributed by atoms with E-state index in [1.807, 2.05) is 26.7 Å². The molecule has 19 heteroatoms. The Hall–Kier alpha value is -4.23. The summed E-state index contributed by atoms with van der Waals surface area (Å²) in [6.07, 6.45) is 3.69. The first-order valence-electron chi connectivity index (χ1n) is 11.6. The maximum Gasteiger partial charge on any atom is 0.352 e. The summed E-state index contributed by atoms with van der Waals surface area (Å²) in [6.45, 7) is 1.92. The summed E-state index contributed by atoms with van der Waals surface area (Å²) in [5, 5.41) is 20.4. The van der Waals surface area contributed by atoms with Crippen LogP contribution in [0.25, 0.3) is 4.83 Å². The van der Waals surface area contributed by atoms with E-state index in [1.165, 1.54) is 35.1 Å². The van der Waals surface area contributed by atoms with Crippen LogP contribution < -0.4 is 26.7 Å². The predicted molar refractivity (Wildman–Crippen MR) is 144 cm³/mol. The maximum absolute atomic E-state index is 13.2. The lowest BCUT2D eigenvalue weighted by Gasteiger charge is -2.49. The number of β-lactam (4-membered cyclic amide) rings is 1. The number of hydrogen-bond acceptors (Lipinski definition) is 12. The van der Waals surface area contributed by atoms with Gasteiger partial charge in [0.15, 0.2) is 5.13 Å². The number of rotatable bonds is 9. The first kappa shape index (κ1) is 27.3. The molecule has 2 aliphatic heterocycles. The molecule has 1 saturated heterocycles. The van der Waals surface area contributed by atoms with Gasteiger partial charge in [-0.05, 0) is 6.92 Å². The van der Waals surface area contributed by atoms with Gasteiger partial charge in [-0.2, -0.15) is 13.8 Å². The molecule has 3 atom stereocenters. The molecule has 7 N–H and O–H groups in total. The highest BCUT2D eigenvalue weighted by Gasteiger charge is 2.54. The third kappa shape index (κ3) is 4.82. The van der Waals surface area contributed by atoms with Gasteiger partial charge in [0.2, 0.25) is 16.4 Å². The lowest BCUT2D eigenvalue weighted by Crippen LogP contribution is -2.71. The maximum atomic E-state index is 13.2. The number of aromatic nitrogens is 4. The summed E-state index contributed by atoms with van der Waals surface area (Å²) < 4.78 is 7.67. The number of carboxylic acids is 1. The van der Waals surface area contributed by atoms with E-state index in [0.29, 0.717) is 11.4 Å². The molecule has 16 nitrogen and oxygen atoms in total. The molecule has 0 unspecified atom stereocenters. The number of nitrogens with zero attached hydrogens (tertiary/aromatic N) is 6. The fourth-order valence-electron chi connectivity index (χ4n) is 4.60. The van der Waals surface area contributed by atoms with Gasteiger partial charge in [0.25, 0.3) is 17.6 Å². The molecule has 5 heterocycles. The van der Waals surface area contributed by atoms with Gasteiger partial charge in [0, 0.05) is 28.2 Å². The highest BCUT2D eigenvalue weighted by atomic mass is 32.2. The second-order valence-corrected chi connectivity index (χ2v) is 11.5. The lowest BCUT2D eigenvalue weighted by atomic mass is 10.0. The second kappa shape index (κ2) is 10.7. The summed E-state index contributed by atoms with van der Waals surface area (Å²) in [6, 6.07) is -2.18. The Balaban J connectivity index is 1.40. The largest absolute Gasteiger partial charge is 0.477 e. The van der Waals surface area contributed by atoms with E-state index in [0.717, 1.165) is 16.4 Å². The quantitative estimate of drug-likeness (QED) is 0.0885. The minimum Gasteiger partial charge on any atom is -0.477 e. The molecule has 5 rings (SSSR count). The molecule has 0 spiro atoms. The zero-order valence-corrected chi connectivity index (χ0v) is 23.4. The molecular formula is C21H23N10O6S3+. The van der Waals surface area contributed by atoms with Gasteiger partial charge < -0.3 is 32.0 Å². The van der Waals surface area contributed by atoms with Crippen molar-refractivity contribution in [2.24, 2.45) is 10.9 Å². The van der Waals surface area contributed by atoms with Gasteiger partial charge in [-0.1, -0.05) is 16.5 Å². The second-order valence-electron chi connectivity index (χ2n) is 8.65. The number of thioether (sulfide) groups is 1. The van der Waals surface area contributed by atoms with Gasteiger partial charge in [-0.3, -0.25) is 14.5 Å². The number of nitrogens with one attached hydrogen (secondary N) is 2. The number of primary amides is 1. The Kier molecular flexibility index (Phi) is 7.34. The Morgan fingerprint density at radius 2 is 2.17 bits per heavy atom. The Morgan fingerprint density at radius 3 is 2.83 bits per heavy atom. The number of carbonyl (C=O) groups excluding carboxylic acids is 3. The van der Waals surface area contributed by atoms with Crippen molar-refractivity contribution >= 4 is 74.1 Å². The summed E-state index contributed by atoms with van der Waals surface area (Å²) in [5.41, 5.74) is 11.0. The number of imidazole rings is 1. The predicted octanol–water partition coefficient (Wildman–Crippen LogP) is -0.759. The van der Waals surface area contributed by atoms with E-state index < -0.39 is 41.3 Å². The Bertz CT molecular complexity index is 1590. The average molecular weight is 608 g/mol. The van der Waals surface area contributed by atoms with Crippen molar-refractivity contribution in [1.82, 2.24) is 29.3 Å². The van der Waals surface area contributed by atoms with Crippen molar-refractivity contribution in [2.75, 3.05) is 18.6 Å². The first-order chi connectivity index (χ1) is 19.1. The molecule has 0 aromatic carbocycles. The van der Waals surface area contributed by atoms with E-state index in [2.05, 4.69) is 25.1 Å². The number of carboxylic acid groups (broad SMARTS) is 1. The molecule has 2 aliphatic rings. The fourth-order valence-corrected chi connectivity index (χ4v) is 7.15. The Morgan fingerprint density at radius 1 is 1.40 bits per heavy atom. The van der Waals surface area contributed by atoms with E-state index >= 15 is 0 Å². The van der Waals surface area contributed by atoms with Crippen LogP contribution in [0.5, 0.6) is 0 Å². The number of hydrogen-bond donors (Lipinski definition) is 5. The number of aliphatic carboxylic acids is 1. The van der Waals surface area contributed by atoms with Crippen LogP contribution in [-0.4, -0.2) is 77.6 Å². The van der Waals surface area contributed by atoms with Crippen LogP contribution in [-0.2, 0) is 25.8 Å². The van der Waals surface area contributed by atoms with Crippen LogP contribution in [0.1, 0.15) is 24.6 Å². The molecular weight excluding hydrogens is 584 g/mol. The molecule has 0 radical (unpaired) electrons. The fraction of sp³-hybridized carbons (Fsp3) is 0.333. The summed E-state index contributed by atoms with van der Waals surface area (Å²) in [5.74, 6) is -1.73. The smallest absolute Gasteiger partial charge is 0.352 e. The monoisotopic (exact) mass is 607 g/mol. The summed E-state index contributed by atoms with van der Waals surface area (Å²) >= 11 is 3.65. The summed E-state index contributed by atoms with van der Waals surface area (Å²) in [7, 11) is 1.24. The average Bonchev–Trinajstić information content (AvgIpc) is 3.60.